The lowest BCUT2D eigenvalue weighted by Crippen LogP contribution is -2.36. The summed E-state index contributed by atoms with van der Waals surface area (Å²) in [5.41, 5.74) is 6.86. The van der Waals surface area contributed by atoms with Crippen molar-refractivity contribution < 1.29 is 5.11 Å². The molecule has 1 aliphatic rings. The number of benzene rings is 1. The molecule has 0 saturated heterocycles. The molecular weight excluding hydrogens is 200 g/mol. The summed E-state index contributed by atoms with van der Waals surface area (Å²) >= 11 is 0. The van der Waals surface area contributed by atoms with E-state index in [1.54, 1.807) is 12.1 Å². The van der Waals surface area contributed by atoms with Crippen molar-refractivity contribution in [3.63, 3.8) is 0 Å². The molecule has 4 N–H and O–H groups in total. The molecule has 2 unspecified atom stereocenters. The van der Waals surface area contributed by atoms with Gasteiger partial charge in [-0.15, -0.1) is 0 Å². The Morgan fingerprint density at radius 2 is 1.88 bits per heavy atom. The highest BCUT2D eigenvalue weighted by molar-refractivity contribution is 5.46. The largest absolute Gasteiger partial charge is 0.508 e. The van der Waals surface area contributed by atoms with E-state index in [1.807, 2.05) is 12.1 Å². The van der Waals surface area contributed by atoms with Crippen LogP contribution in [0.3, 0.4) is 0 Å². The first-order valence-corrected chi connectivity index (χ1v) is 6.05. The zero-order valence-electron chi connectivity index (χ0n) is 9.52. The van der Waals surface area contributed by atoms with Gasteiger partial charge in [-0.05, 0) is 49.6 Å². The maximum atomic E-state index is 9.21. The van der Waals surface area contributed by atoms with Crippen LogP contribution < -0.4 is 11.1 Å². The standard InChI is InChI=1S/C13H20N2O/c14-9-10-3-1-2-4-13(10)15-11-5-7-12(16)8-6-11/h5-8,10,13,15-16H,1-4,9,14H2. The van der Waals surface area contributed by atoms with Gasteiger partial charge in [0.1, 0.15) is 5.75 Å². The summed E-state index contributed by atoms with van der Waals surface area (Å²) in [6.45, 7) is 0.760. The fourth-order valence-electron chi connectivity index (χ4n) is 2.45. The second-order valence-corrected chi connectivity index (χ2v) is 4.58. The van der Waals surface area contributed by atoms with E-state index in [9.17, 15) is 5.11 Å². The van der Waals surface area contributed by atoms with Gasteiger partial charge in [0.2, 0.25) is 0 Å². The van der Waals surface area contributed by atoms with Gasteiger partial charge in [0.25, 0.3) is 0 Å². The van der Waals surface area contributed by atoms with E-state index in [2.05, 4.69) is 5.32 Å². The van der Waals surface area contributed by atoms with Gasteiger partial charge in [0.05, 0.1) is 0 Å². The van der Waals surface area contributed by atoms with Crippen LogP contribution in [0.2, 0.25) is 0 Å². The van der Waals surface area contributed by atoms with Crippen molar-refractivity contribution in [1.29, 1.82) is 0 Å². The van der Waals surface area contributed by atoms with E-state index in [-0.39, 0.29) is 0 Å². The molecule has 1 aliphatic carbocycles. The SMILES string of the molecule is NCC1CCCCC1Nc1ccc(O)cc1. The molecule has 0 radical (unpaired) electrons. The van der Waals surface area contributed by atoms with Crippen LogP contribution in [0.5, 0.6) is 5.75 Å². The number of phenols is 1. The lowest BCUT2D eigenvalue weighted by molar-refractivity contribution is 0.332. The van der Waals surface area contributed by atoms with Gasteiger partial charge in [0, 0.05) is 11.7 Å². The molecule has 88 valence electrons. The van der Waals surface area contributed by atoms with E-state index in [0.717, 1.165) is 12.2 Å². The fourth-order valence-corrected chi connectivity index (χ4v) is 2.45. The third-order valence-electron chi connectivity index (χ3n) is 3.43. The van der Waals surface area contributed by atoms with Crippen LogP contribution in [0, 0.1) is 5.92 Å². The first-order chi connectivity index (χ1) is 7.79. The van der Waals surface area contributed by atoms with E-state index in [4.69, 9.17) is 5.73 Å². The van der Waals surface area contributed by atoms with Gasteiger partial charge in [-0.3, -0.25) is 0 Å². The van der Waals surface area contributed by atoms with Crippen molar-refractivity contribution in [3.8, 4) is 5.75 Å². The van der Waals surface area contributed by atoms with Crippen molar-refractivity contribution in [3.05, 3.63) is 24.3 Å². The number of phenolic OH excluding ortho intramolecular Hbond substituents is 1. The maximum Gasteiger partial charge on any atom is 0.115 e. The van der Waals surface area contributed by atoms with Crippen LogP contribution >= 0.6 is 0 Å². The molecule has 16 heavy (non-hydrogen) atoms. The van der Waals surface area contributed by atoms with Gasteiger partial charge >= 0.3 is 0 Å². The molecule has 2 rings (SSSR count). The fraction of sp³-hybridized carbons (Fsp3) is 0.538. The van der Waals surface area contributed by atoms with E-state index in [1.165, 1.54) is 25.7 Å². The number of hydrogen-bond acceptors (Lipinski definition) is 3. The quantitative estimate of drug-likeness (QED) is 0.685. The average Bonchev–Trinajstić information content (AvgIpc) is 2.33. The molecule has 2 atom stereocenters. The molecule has 0 aliphatic heterocycles. The van der Waals surface area contributed by atoms with Crippen molar-refractivity contribution in [2.24, 2.45) is 11.7 Å². The minimum absolute atomic E-state index is 0.310. The number of nitrogens with one attached hydrogen (secondary N) is 1. The van der Waals surface area contributed by atoms with Crippen LogP contribution in [0.1, 0.15) is 25.7 Å². The summed E-state index contributed by atoms with van der Waals surface area (Å²) in [6.07, 6.45) is 5.01. The van der Waals surface area contributed by atoms with Gasteiger partial charge in [-0.2, -0.15) is 0 Å². The highest BCUT2D eigenvalue weighted by atomic mass is 16.3. The van der Waals surface area contributed by atoms with Crippen LogP contribution in [0.15, 0.2) is 24.3 Å². The van der Waals surface area contributed by atoms with E-state index >= 15 is 0 Å². The Bertz CT molecular complexity index is 323. The zero-order chi connectivity index (χ0) is 11.4. The van der Waals surface area contributed by atoms with Crippen molar-refractivity contribution in [1.82, 2.24) is 0 Å². The van der Waals surface area contributed by atoms with Crippen molar-refractivity contribution >= 4 is 5.69 Å². The molecule has 1 fully saturated rings. The number of nitrogens with two attached hydrogens (primary N) is 1. The van der Waals surface area contributed by atoms with Gasteiger partial charge in [0.15, 0.2) is 0 Å². The van der Waals surface area contributed by atoms with Gasteiger partial charge < -0.3 is 16.2 Å². The van der Waals surface area contributed by atoms with Gasteiger partial charge in [-0.1, -0.05) is 12.8 Å². The zero-order valence-corrected chi connectivity index (χ0v) is 9.52. The predicted octanol–water partition coefficient (Wildman–Crippen LogP) is 2.32. The first kappa shape index (κ1) is 11.3. The van der Waals surface area contributed by atoms with Crippen LogP contribution in [-0.4, -0.2) is 17.7 Å². The molecule has 0 amide bonds. The smallest absolute Gasteiger partial charge is 0.115 e. The summed E-state index contributed by atoms with van der Waals surface area (Å²) in [5, 5.41) is 12.7. The van der Waals surface area contributed by atoms with Crippen molar-refractivity contribution in [2.75, 3.05) is 11.9 Å². The number of rotatable bonds is 3. The minimum Gasteiger partial charge on any atom is -0.508 e. The summed E-state index contributed by atoms with van der Waals surface area (Å²) in [6, 6.07) is 7.74. The molecule has 0 spiro atoms. The number of anilines is 1. The third-order valence-corrected chi connectivity index (χ3v) is 3.43. The lowest BCUT2D eigenvalue weighted by atomic mass is 9.84. The Morgan fingerprint density at radius 1 is 1.19 bits per heavy atom. The highest BCUT2D eigenvalue weighted by Gasteiger charge is 2.23. The summed E-state index contributed by atoms with van der Waals surface area (Å²) < 4.78 is 0. The molecule has 1 aromatic rings. The lowest BCUT2D eigenvalue weighted by Gasteiger charge is -2.32. The molecule has 3 nitrogen and oxygen atoms in total. The molecule has 0 heterocycles. The number of aromatic hydroxyl groups is 1. The summed E-state index contributed by atoms with van der Waals surface area (Å²) in [5.74, 6) is 0.895. The topological polar surface area (TPSA) is 58.3 Å². The Morgan fingerprint density at radius 3 is 2.56 bits per heavy atom. The Hall–Kier alpha value is -1.22. The molecule has 1 aromatic carbocycles. The molecule has 0 aromatic heterocycles. The minimum atomic E-state index is 0.310. The Balaban J connectivity index is 1.99. The van der Waals surface area contributed by atoms with Crippen LogP contribution in [0.25, 0.3) is 0 Å². The highest BCUT2D eigenvalue weighted by Crippen LogP contribution is 2.27. The molecule has 3 heteroatoms. The summed E-state index contributed by atoms with van der Waals surface area (Å²) in [7, 11) is 0. The van der Waals surface area contributed by atoms with Gasteiger partial charge in [-0.25, -0.2) is 0 Å². The monoisotopic (exact) mass is 220 g/mol. The van der Waals surface area contributed by atoms with Crippen molar-refractivity contribution in [2.45, 2.75) is 31.7 Å². The van der Waals surface area contributed by atoms with E-state index in [0.29, 0.717) is 17.7 Å². The average molecular weight is 220 g/mol. The first-order valence-electron chi connectivity index (χ1n) is 6.05. The Labute approximate surface area is 96.7 Å². The predicted molar refractivity (Wildman–Crippen MR) is 66.5 cm³/mol. The maximum absolute atomic E-state index is 9.21. The normalized spacial score (nSPS) is 25.3. The van der Waals surface area contributed by atoms with Crippen LogP contribution in [-0.2, 0) is 0 Å². The molecule has 1 saturated carbocycles. The Kier molecular flexibility index (Phi) is 3.67. The van der Waals surface area contributed by atoms with E-state index < -0.39 is 0 Å². The summed E-state index contributed by atoms with van der Waals surface area (Å²) in [4.78, 5) is 0. The second-order valence-electron chi connectivity index (χ2n) is 4.58. The molecule has 0 bridgehead atoms. The third kappa shape index (κ3) is 2.67. The van der Waals surface area contributed by atoms with Crippen LogP contribution in [0.4, 0.5) is 5.69 Å². The second kappa shape index (κ2) is 5.21. The molecular formula is C13H20N2O. The number of hydrogen-bond donors (Lipinski definition) is 3.